The molecule has 16 heavy (non-hydrogen) atoms. The zero-order chi connectivity index (χ0) is 11.7. The maximum atomic E-state index is 11.4. The molecule has 3 N–H and O–H groups in total. The fraction of sp³-hybridized carbons (Fsp3) is 0. The number of hydrogen-bond donors (Lipinski definition) is 2. The number of aromatic nitrogens is 3. The molecule has 2 aromatic rings. The second kappa shape index (κ2) is 4.07. The first-order chi connectivity index (χ1) is 7.59. The summed E-state index contributed by atoms with van der Waals surface area (Å²) in [6.45, 7) is 0. The van der Waals surface area contributed by atoms with E-state index >= 15 is 0 Å². The van der Waals surface area contributed by atoms with Crippen LogP contribution in [0.2, 0.25) is 5.02 Å². The van der Waals surface area contributed by atoms with Crippen LogP contribution in [-0.2, 0) is 0 Å². The number of nitrogens with one attached hydrogen (secondary N) is 1. The van der Waals surface area contributed by atoms with Crippen molar-refractivity contribution >= 4 is 28.8 Å². The average molecular weight is 255 g/mol. The van der Waals surface area contributed by atoms with Crippen LogP contribution in [0.25, 0.3) is 5.69 Å². The van der Waals surface area contributed by atoms with Crippen LogP contribution in [0.3, 0.4) is 0 Å². The van der Waals surface area contributed by atoms with Crippen LogP contribution in [0.15, 0.2) is 29.3 Å². The molecule has 0 saturated heterocycles. The van der Waals surface area contributed by atoms with Crippen molar-refractivity contribution in [2.75, 3.05) is 0 Å². The predicted molar refractivity (Wildman–Crippen MR) is 65.1 cm³/mol. The van der Waals surface area contributed by atoms with E-state index in [9.17, 15) is 4.79 Å². The van der Waals surface area contributed by atoms with E-state index in [4.69, 9.17) is 29.6 Å². The first-order valence-electron chi connectivity index (χ1n) is 4.31. The molecule has 1 aromatic carbocycles. The molecule has 0 aliphatic heterocycles. The molecule has 82 valence electrons. The maximum absolute atomic E-state index is 11.4. The fourth-order valence-corrected chi connectivity index (χ4v) is 1.61. The van der Waals surface area contributed by atoms with Gasteiger partial charge in [-0.3, -0.25) is 0 Å². The third-order valence-electron chi connectivity index (χ3n) is 2.04. The van der Waals surface area contributed by atoms with Crippen LogP contribution < -0.4 is 11.4 Å². The van der Waals surface area contributed by atoms with Crippen LogP contribution >= 0.6 is 23.8 Å². The first-order valence-corrected chi connectivity index (χ1v) is 5.10. The van der Waals surface area contributed by atoms with E-state index < -0.39 is 0 Å². The van der Waals surface area contributed by atoms with E-state index in [1.54, 1.807) is 18.2 Å². The van der Waals surface area contributed by atoms with Gasteiger partial charge >= 0.3 is 5.69 Å². The first kappa shape index (κ1) is 10.8. The summed E-state index contributed by atoms with van der Waals surface area (Å²) in [5.41, 5.74) is 6.26. The van der Waals surface area contributed by atoms with E-state index in [1.807, 2.05) is 0 Å². The second-order valence-electron chi connectivity index (χ2n) is 3.06. The molecule has 0 aliphatic carbocycles. The quantitative estimate of drug-likeness (QED) is 0.779. The third-order valence-corrected chi connectivity index (χ3v) is 2.60. The molecular formula is C9H7ClN4OS. The van der Waals surface area contributed by atoms with Crippen molar-refractivity contribution in [2.45, 2.75) is 0 Å². The van der Waals surface area contributed by atoms with Crippen LogP contribution in [0, 0.1) is 0 Å². The summed E-state index contributed by atoms with van der Waals surface area (Å²) in [7, 11) is 0. The maximum Gasteiger partial charge on any atom is 0.347 e. The van der Waals surface area contributed by atoms with Crippen molar-refractivity contribution in [1.82, 2.24) is 14.8 Å². The van der Waals surface area contributed by atoms with Gasteiger partial charge in [0.1, 0.15) is 11.3 Å². The lowest BCUT2D eigenvalue weighted by Crippen LogP contribution is -2.16. The summed E-state index contributed by atoms with van der Waals surface area (Å²) in [6, 6.07) is 4.96. The van der Waals surface area contributed by atoms with Crippen molar-refractivity contribution in [3.63, 3.8) is 0 Å². The number of rotatable bonds is 2. The fourth-order valence-electron chi connectivity index (χ4n) is 1.27. The summed E-state index contributed by atoms with van der Waals surface area (Å²) in [6.07, 6.45) is 1.34. The van der Waals surface area contributed by atoms with Gasteiger partial charge in [-0.15, -0.1) is 0 Å². The van der Waals surface area contributed by atoms with Crippen LogP contribution in [0.4, 0.5) is 0 Å². The van der Waals surface area contributed by atoms with Gasteiger partial charge in [-0.2, -0.15) is 5.10 Å². The van der Waals surface area contributed by atoms with E-state index in [0.29, 0.717) is 16.3 Å². The zero-order valence-electron chi connectivity index (χ0n) is 7.98. The predicted octanol–water partition coefficient (Wildman–Crippen LogP) is 0.848. The number of halogens is 1. The van der Waals surface area contributed by atoms with Gasteiger partial charge in [0.2, 0.25) is 0 Å². The van der Waals surface area contributed by atoms with Gasteiger partial charge < -0.3 is 5.73 Å². The summed E-state index contributed by atoms with van der Waals surface area (Å²) in [5.74, 6) is 0. The molecular weight excluding hydrogens is 248 g/mol. The number of H-pyrrole nitrogens is 1. The van der Waals surface area contributed by atoms with Crippen LogP contribution in [-0.4, -0.2) is 19.8 Å². The molecule has 2 rings (SSSR count). The highest BCUT2D eigenvalue weighted by atomic mass is 35.5. The topological polar surface area (TPSA) is 76.7 Å². The van der Waals surface area contributed by atoms with E-state index in [2.05, 4.69) is 10.2 Å². The summed E-state index contributed by atoms with van der Waals surface area (Å²) in [5, 5.41) is 6.31. The molecule has 0 unspecified atom stereocenters. The monoisotopic (exact) mass is 254 g/mol. The molecule has 0 spiro atoms. The lowest BCUT2D eigenvalue weighted by molar-refractivity contribution is 0.982. The van der Waals surface area contributed by atoms with Crippen molar-refractivity contribution in [3.05, 3.63) is 45.6 Å². The highest BCUT2D eigenvalue weighted by Gasteiger charge is 2.08. The molecule has 1 heterocycles. The second-order valence-corrected chi connectivity index (χ2v) is 3.91. The van der Waals surface area contributed by atoms with Crippen molar-refractivity contribution in [3.8, 4) is 5.69 Å². The Morgan fingerprint density at radius 2 is 2.31 bits per heavy atom. The lowest BCUT2D eigenvalue weighted by Gasteiger charge is -2.05. The van der Waals surface area contributed by atoms with E-state index in [1.165, 1.54) is 10.9 Å². The summed E-state index contributed by atoms with van der Waals surface area (Å²) >= 11 is 10.8. The molecule has 0 fully saturated rings. The standard InChI is InChI=1S/C9H7ClN4OS/c10-6-2-1-5(8(11)16)3-7(6)14-4-12-13-9(14)15/h1-4H,(H2,11,16)(H,13,15). The molecule has 5 nitrogen and oxygen atoms in total. The average Bonchev–Trinajstić information content (AvgIpc) is 2.65. The van der Waals surface area contributed by atoms with Crippen LogP contribution in [0.5, 0.6) is 0 Å². The van der Waals surface area contributed by atoms with Crippen molar-refractivity contribution < 1.29 is 0 Å². The normalized spacial score (nSPS) is 10.3. The minimum atomic E-state index is -0.373. The van der Waals surface area contributed by atoms with Gasteiger partial charge in [-0.1, -0.05) is 29.9 Å². The SMILES string of the molecule is NC(=S)c1ccc(Cl)c(-n2cn[nH]c2=O)c1. The van der Waals surface area contributed by atoms with E-state index in [-0.39, 0.29) is 10.7 Å². The molecule has 7 heteroatoms. The van der Waals surface area contributed by atoms with E-state index in [0.717, 1.165) is 0 Å². The smallest absolute Gasteiger partial charge is 0.347 e. The van der Waals surface area contributed by atoms with Gasteiger partial charge in [-0.25, -0.2) is 14.5 Å². The molecule has 0 saturated carbocycles. The number of nitrogens with zero attached hydrogens (tertiary/aromatic N) is 2. The highest BCUT2D eigenvalue weighted by Crippen LogP contribution is 2.20. The Morgan fingerprint density at radius 3 is 2.88 bits per heavy atom. The van der Waals surface area contributed by atoms with Gasteiger partial charge in [-0.05, 0) is 12.1 Å². The minimum Gasteiger partial charge on any atom is -0.389 e. The largest absolute Gasteiger partial charge is 0.389 e. The summed E-state index contributed by atoms with van der Waals surface area (Å²) in [4.78, 5) is 11.6. The number of hydrogen-bond acceptors (Lipinski definition) is 3. The Kier molecular flexibility index (Phi) is 2.76. The van der Waals surface area contributed by atoms with Gasteiger partial charge in [0, 0.05) is 5.56 Å². The van der Waals surface area contributed by atoms with Gasteiger partial charge in [0.25, 0.3) is 0 Å². The van der Waals surface area contributed by atoms with Crippen molar-refractivity contribution in [2.24, 2.45) is 5.73 Å². The Labute approximate surface area is 101 Å². The van der Waals surface area contributed by atoms with Crippen molar-refractivity contribution in [1.29, 1.82) is 0 Å². The molecule has 0 bridgehead atoms. The molecule has 0 atom stereocenters. The highest BCUT2D eigenvalue weighted by molar-refractivity contribution is 7.80. The summed E-state index contributed by atoms with van der Waals surface area (Å²) < 4.78 is 1.28. The van der Waals surface area contributed by atoms with Gasteiger partial charge in [0.15, 0.2) is 0 Å². The number of thiocarbonyl (C=S) groups is 1. The third kappa shape index (κ3) is 1.84. The Hall–Kier alpha value is -1.66. The molecule has 0 radical (unpaired) electrons. The molecule has 0 aliphatic rings. The molecule has 0 amide bonds. The number of benzene rings is 1. The molecule has 1 aromatic heterocycles. The Balaban J connectivity index is 2.65. The van der Waals surface area contributed by atoms with Gasteiger partial charge in [0.05, 0.1) is 10.7 Å². The number of aromatic amines is 1. The Morgan fingerprint density at radius 1 is 1.56 bits per heavy atom. The number of nitrogens with two attached hydrogens (primary N) is 1. The Bertz CT molecular complexity index is 604. The minimum absolute atomic E-state index is 0.245. The zero-order valence-corrected chi connectivity index (χ0v) is 9.55. The van der Waals surface area contributed by atoms with Crippen LogP contribution in [0.1, 0.15) is 5.56 Å². The lowest BCUT2D eigenvalue weighted by atomic mass is 10.2.